The third-order valence-corrected chi connectivity index (χ3v) is 7.02. The van der Waals surface area contributed by atoms with Crippen LogP contribution in [0.2, 0.25) is 0 Å². The van der Waals surface area contributed by atoms with E-state index in [9.17, 15) is 4.39 Å². The van der Waals surface area contributed by atoms with E-state index in [0.29, 0.717) is 61.2 Å². The highest BCUT2D eigenvalue weighted by Gasteiger charge is 2.47. The van der Waals surface area contributed by atoms with Crippen molar-refractivity contribution in [2.45, 2.75) is 31.7 Å². The van der Waals surface area contributed by atoms with Crippen molar-refractivity contribution in [3.05, 3.63) is 83.2 Å². The fourth-order valence-electron chi connectivity index (χ4n) is 5.22. The Balaban J connectivity index is 1.56. The molecule has 0 amide bonds. The van der Waals surface area contributed by atoms with Gasteiger partial charge in [0.05, 0.1) is 19.8 Å². The number of fused-ring (bicyclic) bond motifs is 4. The van der Waals surface area contributed by atoms with Gasteiger partial charge in [-0.3, -0.25) is 0 Å². The molecule has 1 spiro atoms. The van der Waals surface area contributed by atoms with E-state index in [1.807, 2.05) is 19.1 Å². The van der Waals surface area contributed by atoms with Gasteiger partial charge in [0.1, 0.15) is 11.3 Å². The van der Waals surface area contributed by atoms with Gasteiger partial charge in [-0.2, -0.15) is 4.39 Å². The summed E-state index contributed by atoms with van der Waals surface area (Å²) in [6.45, 7) is 4.08. The first-order valence-corrected chi connectivity index (χ1v) is 12.6. The van der Waals surface area contributed by atoms with Crippen molar-refractivity contribution in [2.75, 3.05) is 26.4 Å². The standard InChI is InChI=1S/C29H27F2N3O3/c1-2-10-33-28-34-29(9-13-36-28)22-14-18(21-6-3-11-32-27(21)31)7-8-25(22)37-26-23(29)15-20(16-24(26)30)19-5-4-12-35-17-19/h3,5-8,11,14-16H,2,4,9-10,12-13,17H2,1H3,(H,33,34). The molecule has 3 aromatic rings. The lowest BCUT2D eigenvalue weighted by atomic mass is 9.75. The molecule has 3 aliphatic heterocycles. The summed E-state index contributed by atoms with van der Waals surface area (Å²) in [6, 6.07) is 12.7. The molecule has 1 unspecified atom stereocenters. The van der Waals surface area contributed by atoms with Crippen LogP contribution in [0.15, 0.2) is 59.7 Å². The lowest BCUT2D eigenvalue weighted by molar-refractivity contribution is 0.164. The fourth-order valence-corrected chi connectivity index (χ4v) is 5.22. The summed E-state index contributed by atoms with van der Waals surface area (Å²) in [7, 11) is 0. The van der Waals surface area contributed by atoms with Crippen molar-refractivity contribution in [1.29, 1.82) is 0 Å². The summed E-state index contributed by atoms with van der Waals surface area (Å²) in [5, 5.41) is 3.49. The summed E-state index contributed by atoms with van der Waals surface area (Å²) in [4.78, 5) is 8.38. The molecular weight excluding hydrogens is 476 g/mol. The maximum Gasteiger partial charge on any atom is 0.285 e. The zero-order valence-electron chi connectivity index (χ0n) is 20.5. The third-order valence-electron chi connectivity index (χ3n) is 7.02. The number of ether oxygens (including phenoxy) is 3. The first kappa shape index (κ1) is 23.6. The van der Waals surface area contributed by atoms with Crippen LogP contribution in [0.5, 0.6) is 11.5 Å². The van der Waals surface area contributed by atoms with Gasteiger partial charge < -0.3 is 19.5 Å². The summed E-state index contributed by atoms with van der Waals surface area (Å²) in [5.74, 6) is -0.349. The fraction of sp³-hybridized carbons (Fsp3) is 0.310. The second kappa shape index (κ2) is 9.59. The Morgan fingerprint density at radius 3 is 2.78 bits per heavy atom. The number of nitrogens with zero attached hydrogens (tertiary/aromatic N) is 2. The number of pyridine rings is 1. The van der Waals surface area contributed by atoms with E-state index in [1.54, 1.807) is 24.3 Å². The maximum absolute atomic E-state index is 15.7. The number of nitrogens with one attached hydrogen (secondary N) is 1. The zero-order chi connectivity index (χ0) is 25.4. The predicted octanol–water partition coefficient (Wildman–Crippen LogP) is 5.96. The summed E-state index contributed by atoms with van der Waals surface area (Å²) < 4.78 is 47.9. The number of aromatic nitrogens is 1. The van der Waals surface area contributed by atoms with Crippen LogP contribution in [0, 0.1) is 11.8 Å². The molecule has 0 bridgehead atoms. The van der Waals surface area contributed by atoms with Crippen molar-refractivity contribution in [3.63, 3.8) is 0 Å². The molecular formula is C29H27F2N3O3. The average molecular weight is 504 g/mol. The Kier molecular flexibility index (Phi) is 6.12. The molecule has 2 aromatic carbocycles. The minimum atomic E-state index is -0.893. The Morgan fingerprint density at radius 1 is 1.08 bits per heavy atom. The smallest absolute Gasteiger partial charge is 0.285 e. The second-order valence-electron chi connectivity index (χ2n) is 9.38. The number of amidine groups is 1. The van der Waals surface area contributed by atoms with Crippen molar-refractivity contribution >= 4 is 11.6 Å². The van der Waals surface area contributed by atoms with E-state index < -0.39 is 17.3 Å². The molecule has 1 aromatic heterocycles. The van der Waals surface area contributed by atoms with E-state index in [2.05, 4.69) is 21.4 Å². The molecule has 1 N–H and O–H groups in total. The van der Waals surface area contributed by atoms with E-state index in [1.165, 1.54) is 12.3 Å². The number of hydrogen-bond acceptors (Lipinski definition) is 5. The zero-order valence-corrected chi connectivity index (χ0v) is 20.5. The van der Waals surface area contributed by atoms with Gasteiger partial charge in [0, 0.05) is 35.9 Å². The van der Waals surface area contributed by atoms with Gasteiger partial charge in [-0.15, -0.1) is 0 Å². The van der Waals surface area contributed by atoms with Crippen LogP contribution in [-0.2, 0) is 15.0 Å². The van der Waals surface area contributed by atoms with Crippen LogP contribution < -0.4 is 10.1 Å². The van der Waals surface area contributed by atoms with Gasteiger partial charge >= 0.3 is 0 Å². The normalized spacial score (nSPS) is 21.4. The third kappa shape index (κ3) is 4.15. The SMILES string of the molecule is CCCN=C1NC2(CCO1)c1cc(-c3cccnc3F)ccc1Oc1c(F)cc(C3=CCCOC3)cc12. The number of hydrogen-bond donors (Lipinski definition) is 1. The van der Waals surface area contributed by atoms with E-state index in [-0.39, 0.29) is 5.75 Å². The second-order valence-corrected chi connectivity index (χ2v) is 9.38. The summed E-state index contributed by atoms with van der Waals surface area (Å²) in [5.41, 5.74) is 3.23. The van der Waals surface area contributed by atoms with Gasteiger partial charge in [0.25, 0.3) is 6.02 Å². The molecule has 0 saturated carbocycles. The van der Waals surface area contributed by atoms with Crippen LogP contribution in [0.1, 0.15) is 42.9 Å². The van der Waals surface area contributed by atoms with Crippen molar-refractivity contribution < 1.29 is 23.0 Å². The maximum atomic E-state index is 15.7. The van der Waals surface area contributed by atoms with Crippen LogP contribution in [-0.4, -0.2) is 37.4 Å². The molecule has 8 heteroatoms. The van der Waals surface area contributed by atoms with Gasteiger partial charge in [-0.1, -0.05) is 19.1 Å². The van der Waals surface area contributed by atoms with E-state index in [0.717, 1.165) is 29.5 Å². The van der Waals surface area contributed by atoms with Gasteiger partial charge in [-0.05, 0) is 65.9 Å². The average Bonchev–Trinajstić information content (AvgIpc) is 2.93. The molecule has 0 radical (unpaired) electrons. The number of halogens is 2. The monoisotopic (exact) mass is 503 g/mol. The first-order chi connectivity index (χ1) is 18.1. The Labute approximate surface area is 214 Å². The van der Waals surface area contributed by atoms with Crippen LogP contribution >= 0.6 is 0 Å². The molecule has 190 valence electrons. The van der Waals surface area contributed by atoms with Crippen molar-refractivity contribution in [3.8, 4) is 22.6 Å². The lowest BCUT2D eigenvalue weighted by Crippen LogP contribution is -2.53. The largest absolute Gasteiger partial charge is 0.465 e. The molecule has 4 heterocycles. The minimum Gasteiger partial charge on any atom is -0.465 e. The Bertz CT molecular complexity index is 1420. The highest BCUT2D eigenvalue weighted by Crippen LogP contribution is 2.52. The topological polar surface area (TPSA) is 65.0 Å². The minimum absolute atomic E-state index is 0.165. The van der Waals surface area contributed by atoms with Gasteiger partial charge in [0.15, 0.2) is 11.6 Å². The molecule has 6 nitrogen and oxygen atoms in total. The molecule has 1 saturated heterocycles. The number of aliphatic imine (C=N–C) groups is 1. The van der Waals surface area contributed by atoms with E-state index in [4.69, 9.17) is 14.2 Å². The highest BCUT2D eigenvalue weighted by molar-refractivity contribution is 5.80. The number of benzene rings is 2. The predicted molar refractivity (Wildman–Crippen MR) is 137 cm³/mol. The Hall–Kier alpha value is -3.78. The summed E-state index contributed by atoms with van der Waals surface area (Å²) >= 11 is 0. The molecule has 1 fully saturated rings. The first-order valence-electron chi connectivity index (χ1n) is 12.6. The van der Waals surface area contributed by atoms with Crippen LogP contribution in [0.3, 0.4) is 0 Å². The number of rotatable bonds is 4. The van der Waals surface area contributed by atoms with Gasteiger partial charge in [0.2, 0.25) is 5.95 Å². The van der Waals surface area contributed by atoms with E-state index >= 15 is 4.39 Å². The molecule has 3 aliphatic rings. The van der Waals surface area contributed by atoms with Crippen LogP contribution in [0.4, 0.5) is 8.78 Å². The Morgan fingerprint density at radius 2 is 1.97 bits per heavy atom. The van der Waals surface area contributed by atoms with Crippen molar-refractivity contribution in [2.24, 2.45) is 4.99 Å². The molecule has 0 aliphatic carbocycles. The molecule has 1 atom stereocenters. The summed E-state index contributed by atoms with van der Waals surface area (Å²) in [6.07, 6.45) is 5.64. The molecule has 37 heavy (non-hydrogen) atoms. The molecule has 6 rings (SSSR count). The van der Waals surface area contributed by atoms with Crippen molar-refractivity contribution in [1.82, 2.24) is 10.3 Å². The van der Waals surface area contributed by atoms with Gasteiger partial charge in [-0.25, -0.2) is 14.4 Å². The quantitative estimate of drug-likeness (QED) is 0.446. The lowest BCUT2D eigenvalue weighted by Gasteiger charge is -2.44. The highest BCUT2D eigenvalue weighted by atomic mass is 19.1. The van der Waals surface area contributed by atoms with Crippen LogP contribution in [0.25, 0.3) is 16.7 Å².